The molecule has 0 radical (unpaired) electrons. The number of hydrogen-bond donors (Lipinski definition) is 0. The van der Waals surface area contributed by atoms with Crippen LogP contribution in [0, 0.1) is 0 Å². The van der Waals surface area contributed by atoms with Crippen LogP contribution in [0.1, 0.15) is 52.4 Å². The molecule has 0 unspecified atom stereocenters. The Morgan fingerprint density at radius 3 is 2.18 bits per heavy atom. The van der Waals surface area contributed by atoms with Crippen LogP contribution in [-0.4, -0.2) is 13.2 Å². The van der Waals surface area contributed by atoms with Gasteiger partial charge in [0, 0.05) is 6.61 Å². The second-order valence-electron chi connectivity index (χ2n) is 4.17. The highest BCUT2D eigenvalue weighted by Gasteiger charge is 1.81. The molecule has 0 N–H and O–H groups in total. The highest BCUT2D eigenvalue weighted by Crippen LogP contribution is 1.99. The van der Waals surface area contributed by atoms with Crippen LogP contribution in [0.4, 0.5) is 0 Å². The molecule has 0 rings (SSSR count). The highest BCUT2D eigenvalue weighted by molar-refractivity contribution is 5.10. The van der Waals surface area contributed by atoms with E-state index >= 15 is 0 Å². The van der Waals surface area contributed by atoms with Gasteiger partial charge in [0.25, 0.3) is 0 Å². The molecule has 0 amide bonds. The fourth-order valence-corrected chi connectivity index (χ4v) is 1.35. The minimum absolute atomic E-state index is 0.727. The maximum absolute atomic E-state index is 5.41. The van der Waals surface area contributed by atoms with Crippen molar-refractivity contribution in [2.45, 2.75) is 52.4 Å². The van der Waals surface area contributed by atoms with Crippen molar-refractivity contribution in [3.05, 3.63) is 36.5 Å². The molecular weight excluding hydrogens is 208 g/mol. The van der Waals surface area contributed by atoms with Gasteiger partial charge in [-0.1, -0.05) is 69.6 Å². The minimum Gasteiger partial charge on any atom is -0.377 e. The lowest BCUT2D eigenvalue weighted by Gasteiger charge is -1.96. The smallest absolute Gasteiger partial charge is 0.0650 e. The van der Waals surface area contributed by atoms with Crippen molar-refractivity contribution in [1.29, 1.82) is 0 Å². The first-order valence-corrected chi connectivity index (χ1v) is 6.97. The third kappa shape index (κ3) is 15.2. The second-order valence-corrected chi connectivity index (χ2v) is 4.17. The van der Waals surface area contributed by atoms with Crippen LogP contribution in [0.3, 0.4) is 0 Å². The van der Waals surface area contributed by atoms with Gasteiger partial charge in [-0.15, -0.1) is 0 Å². The zero-order valence-electron chi connectivity index (χ0n) is 11.5. The van der Waals surface area contributed by atoms with E-state index in [1.165, 1.54) is 32.1 Å². The van der Waals surface area contributed by atoms with E-state index in [-0.39, 0.29) is 0 Å². The number of ether oxygens (including phenoxy) is 1. The fourth-order valence-electron chi connectivity index (χ4n) is 1.35. The molecule has 0 aliphatic heterocycles. The Bertz CT molecular complexity index is 214. The number of allylic oxidation sites excluding steroid dienone is 5. The summed E-state index contributed by atoms with van der Waals surface area (Å²) in [4.78, 5) is 0. The van der Waals surface area contributed by atoms with Gasteiger partial charge in [-0.3, -0.25) is 0 Å². The summed E-state index contributed by atoms with van der Waals surface area (Å²) >= 11 is 0. The first-order valence-electron chi connectivity index (χ1n) is 6.97. The average molecular weight is 236 g/mol. The highest BCUT2D eigenvalue weighted by atomic mass is 16.5. The fraction of sp³-hybridized carbons (Fsp3) is 0.625. The average Bonchev–Trinajstić information content (AvgIpc) is 2.35. The summed E-state index contributed by atoms with van der Waals surface area (Å²) in [6.07, 6.45) is 20.1. The molecule has 0 atom stereocenters. The number of rotatable bonds is 11. The third-order valence-electron chi connectivity index (χ3n) is 2.44. The molecule has 0 saturated heterocycles. The van der Waals surface area contributed by atoms with Crippen molar-refractivity contribution < 1.29 is 4.74 Å². The van der Waals surface area contributed by atoms with Gasteiger partial charge in [0.1, 0.15) is 0 Å². The standard InChI is InChI=1S/C16H28O/c1-3-5-7-8-9-10-11-12-13-14-16-17-15-6-4-2/h9-14H,3-8,15-16H2,1-2H3. The predicted octanol–water partition coefficient (Wildman–Crippen LogP) is 5.05. The summed E-state index contributed by atoms with van der Waals surface area (Å²) in [5.74, 6) is 0. The van der Waals surface area contributed by atoms with E-state index < -0.39 is 0 Å². The molecule has 0 bridgehead atoms. The molecule has 1 heteroatoms. The van der Waals surface area contributed by atoms with Crippen molar-refractivity contribution >= 4 is 0 Å². The van der Waals surface area contributed by atoms with Crippen molar-refractivity contribution in [2.24, 2.45) is 0 Å². The van der Waals surface area contributed by atoms with Crippen LogP contribution in [0.15, 0.2) is 36.5 Å². The van der Waals surface area contributed by atoms with Gasteiger partial charge in [-0.25, -0.2) is 0 Å². The molecule has 98 valence electrons. The largest absolute Gasteiger partial charge is 0.377 e. The molecule has 0 fully saturated rings. The Balaban J connectivity index is 3.30. The van der Waals surface area contributed by atoms with Crippen molar-refractivity contribution in [2.75, 3.05) is 13.2 Å². The summed E-state index contributed by atoms with van der Waals surface area (Å²) < 4.78 is 5.41. The summed E-state index contributed by atoms with van der Waals surface area (Å²) in [6.45, 7) is 6.01. The lowest BCUT2D eigenvalue weighted by Crippen LogP contribution is -1.92. The van der Waals surface area contributed by atoms with Crippen LogP contribution >= 0.6 is 0 Å². The zero-order chi connectivity index (χ0) is 12.6. The number of hydrogen-bond acceptors (Lipinski definition) is 1. The van der Waals surface area contributed by atoms with Gasteiger partial charge < -0.3 is 4.74 Å². The molecule has 0 aliphatic carbocycles. The molecule has 0 aromatic heterocycles. The van der Waals surface area contributed by atoms with Crippen LogP contribution < -0.4 is 0 Å². The van der Waals surface area contributed by atoms with Crippen LogP contribution in [0.25, 0.3) is 0 Å². The number of unbranched alkanes of at least 4 members (excludes halogenated alkanes) is 4. The Hall–Kier alpha value is -0.820. The van der Waals surface area contributed by atoms with Gasteiger partial charge >= 0.3 is 0 Å². The Kier molecular flexibility index (Phi) is 14.4. The van der Waals surface area contributed by atoms with E-state index in [4.69, 9.17) is 4.74 Å². The van der Waals surface area contributed by atoms with Gasteiger partial charge in [0.05, 0.1) is 6.61 Å². The lowest BCUT2D eigenvalue weighted by molar-refractivity contribution is 0.159. The first kappa shape index (κ1) is 16.2. The monoisotopic (exact) mass is 236 g/mol. The topological polar surface area (TPSA) is 9.23 Å². The lowest BCUT2D eigenvalue weighted by atomic mass is 10.2. The van der Waals surface area contributed by atoms with Gasteiger partial charge in [0.15, 0.2) is 0 Å². The Morgan fingerprint density at radius 2 is 1.47 bits per heavy atom. The van der Waals surface area contributed by atoms with Crippen molar-refractivity contribution in [3.63, 3.8) is 0 Å². The quantitative estimate of drug-likeness (QED) is 0.360. The summed E-state index contributed by atoms with van der Waals surface area (Å²) in [5.41, 5.74) is 0. The SMILES string of the molecule is CCCCCC=CC=CC=CCOCCCC. The second kappa shape index (κ2) is 15.2. The van der Waals surface area contributed by atoms with E-state index in [1.807, 2.05) is 6.08 Å². The van der Waals surface area contributed by atoms with E-state index in [2.05, 4.69) is 44.2 Å². The zero-order valence-corrected chi connectivity index (χ0v) is 11.5. The maximum Gasteiger partial charge on any atom is 0.0650 e. The molecule has 17 heavy (non-hydrogen) atoms. The van der Waals surface area contributed by atoms with Crippen LogP contribution in [-0.2, 0) is 4.74 Å². The van der Waals surface area contributed by atoms with Gasteiger partial charge in [0.2, 0.25) is 0 Å². The van der Waals surface area contributed by atoms with Crippen LogP contribution in [0.2, 0.25) is 0 Å². The van der Waals surface area contributed by atoms with Crippen LogP contribution in [0.5, 0.6) is 0 Å². The molecular formula is C16H28O. The molecule has 0 aromatic rings. The molecule has 0 aliphatic rings. The predicted molar refractivity (Wildman–Crippen MR) is 77.3 cm³/mol. The van der Waals surface area contributed by atoms with Gasteiger partial charge in [-0.2, -0.15) is 0 Å². The Morgan fingerprint density at radius 1 is 0.765 bits per heavy atom. The van der Waals surface area contributed by atoms with Crippen molar-refractivity contribution in [3.8, 4) is 0 Å². The maximum atomic E-state index is 5.41. The molecule has 0 spiro atoms. The summed E-state index contributed by atoms with van der Waals surface area (Å²) in [5, 5.41) is 0. The summed E-state index contributed by atoms with van der Waals surface area (Å²) in [6, 6.07) is 0. The minimum atomic E-state index is 0.727. The summed E-state index contributed by atoms with van der Waals surface area (Å²) in [7, 11) is 0. The first-order chi connectivity index (χ1) is 8.41. The third-order valence-corrected chi connectivity index (χ3v) is 2.44. The van der Waals surface area contributed by atoms with E-state index in [0.717, 1.165) is 19.6 Å². The normalized spacial score (nSPS) is 12.4. The molecule has 0 heterocycles. The van der Waals surface area contributed by atoms with Crippen molar-refractivity contribution in [1.82, 2.24) is 0 Å². The Labute approximate surface area is 107 Å². The van der Waals surface area contributed by atoms with E-state index in [0.29, 0.717) is 0 Å². The molecule has 0 aromatic carbocycles. The van der Waals surface area contributed by atoms with Gasteiger partial charge in [-0.05, 0) is 19.3 Å². The van der Waals surface area contributed by atoms with E-state index in [9.17, 15) is 0 Å². The molecule has 0 saturated carbocycles. The van der Waals surface area contributed by atoms with E-state index in [1.54, 1.807) is 0 Å². The molecule has 1 nitrogen and oxygen atoms in total.